The normalized spacial score (nSPS) is 13.9. The fourth-order valence-electron chi connectivity index (χ4n) is 1.28. The quantitative estimate of drug-likeness (QED) is 0.921. The highest BCUT2D eigenvalue weighted by molar-refractivity contribution is 9.10. The van der Waals surface area contributed by atoms with Crippen LogP contribution in [0.3, 0.4) is 0 Å². The van der Waals surface area contributed by atoms with Crippen LogP contribution >= 0.6 is 15.9 Å². The lowest BCUT2D eigenvalue weighted by molar-refractivity contribution is 0.303. The first-order chi connectivity index (χ1) is 7.88. The SMILES string of the molecule is CC(C)(C)C(N)c1noc(-c2ccc(Br)o2)n1. The minimum atomic E-state index is -0.279. The zero-order chi connectivity index (χ0) is 12.6. The molecule has 2 N–H and O–H groups in total. The van der Waals surface area contributed by atoms with E-state index >= 15 is 0 Å². The van der Waals surface area contributed by atoms with Crippen LogP contribution in [0.5, 0.6) is 0 Å². The number of halogens is 1. The summed E-state index contributed by atoms with van der Waals surface area (Å²) in [7, 11) is 0. The summed E-state index contributed by atoms with van der Waals surface area (Å²) in [6.45, 7) is 6.07. The second kappa shape index (κ2) is 4.27. The molecule has 0 amide bonds. The first-order valence-electron chi connectivity index (χ1n) is 5.23. The van der Waals surface area contributed by atoms with Crippen molar-refractivity contribution in [3.8, 4) is 11.7 Å². The molecule has 0 bridgehead atoms. The van der Waals surface area contributed by atoms with Gasteiger partial charge in [0.25, 0.3) is 5.89 Å². The molecule has 0 saturated heterocycles. The van der Waals surface area contributed by atoms with Crippen LogP contribution in [0.4, 0.5) is 0 Å². The molecule has 0 aromatic carbocycles. The standard InChI is InChI=1S/C11H14BrN3O2/c1-11(2,3)8(13)9-14-10(17-15-9)6-4-5-7(12)16-6/h4-5,8H,13H2,1-3H3. The molecule has 0 aliphatic rings. The number of rotatable bonds is 2. The summed E-state index contributed by atoms with van der Waals surface area (Å²) in [6, 6.07) is 3.24. The zero-order valence-electron chi connectivity index (χ0n) is 9.90. The van der Waals surface area contributed by atoms with Crippen molar-refractivity contribution >= 4 is 15.9 Å². The Morgan fingerprint density at radius 2 is 2.06 bits per heavy atom. The van der Waals surface area contributed by atoms with E-state index in [9.17, 15) is 0 Å². The smallest absolute Gasteiger partial charge is 0.293 e. The molecule has 1 atom stereocenters. The predicted molar refractivity (Wildman–Crippen MR) is 66.1 cm³/mol. The molecule has 6 heteroatoms. The minimum Gasteiger partial charge on any atom is -0.444 e. The summed E-state index contributed by atoms with van der Waals surface area (Å²) in [5.41, 5.74) is 5.92. The fraction of sp³-hybridized carbons (Fsp3) is 0.455. The first-order valence-corrected chi connectivity index (χ1v) is 6.02. The second-order valence-electron chi connectivity index (χ2n) is 4.91. The van der Waals surface area contributed by atoms with E-state index in [2.05, 4.69) is 26.1 Å². The summed E-state index contributed by atoms with van der Waals surface area (Å²) < 4.78 is 11.1. The van der Waals surface area contributed by atoms with Gasteiger partial charge in [-0.3, -0.25) is 0 Å². The van der Waals surface area contributed by atoms with Crippen molar-refractivity contribution in [2.45, 2.75) is 26.8 Å². The molecule has 0 aliphatic carbocycles. The predicted octanol–water partition coefficient (Wildman–Crippen LogP) is 3.14. The summed E-state index contributed by atoms with van der Waals surface area (Å²) in [6.07, 6.45) is 0. The van der Waals surface area contributed by atoms with E-state index in [0.29, 0.717) is 22.1 Å². The Morgan fingerprint density at radius 1 is 1.35 bits per heavy atom. The monoisotopic (exact) mass is 299 g/mol. The Balaban J connectivity index is 2.28. The van der Waals surface area contributed by atoms with E-state index in [0.717, 1.165) is 0 Å². The van der Waals surface area contributed by atoms with Gasteiger partial charge >= 0.3 is 0 Å². The van der Waals surface area contributed by atoms with E-state index in [1.165, 1.54) is 0 Å². The maximum Gasteiger partial charge on any atom is 0.293 e. The number of nitrogens with zero attached hydrogens (tertiary/aromatic N) is 2. The molecule has 0 fully saturated rings. The van der Waals surface area contributed by atoms with E-state index in [-0.39, 0.29) is 11.5 Å². The van der Waals surface area contributed by atoms with Gasteiger partial charge in [0.1, 0.15) is 0 Å². The molecule has 2 rings (SSSR count). The van der Waals surface area contributed by atoms with Gasteiger partial charge in [-0.05, 0) is 33.5 Å². The van der Waals surface area contributed by atoms with Crippen LogP contribution in [0, 0.1) is 5.41 Å². The van der Waals surface area contributed by atoms with E-state index in [4.69, 9.17) is 14.7 Å². The van der Waals surface area contributed by atoms with Crippen molar-refractivity contribution in [1.82, 2.24) is 10.1 Å². The van der Waals surface area contributed by atoms with Crippen molar-refractivity contribution < 1.29 is 8.94 Å². The second-order valence-corrected chi connectivity index (χ2v) is 5.69. The maximum absolute atomic E-state index is 6.04. The highest BCUT2D eigenvalue weighted by Gasteiger charge is 2.27. The van der Waals surface area contributed by atoms with Gasteiger partial charge in [0, 0.05) is 0 Å². The molecule has 2 aromatic heterocycles. The minimum absolute atomic E-state index is 0.120. The maximum atomic E-state index is 6.04. The van der Waals surface area contributed by atoms with Gasteiger partial charge < -0.3 is 14.7 Å². The van der Waals surface area contributed by atoms with Crippen LogP contribution in [0.15, 0.2) is 25.7 Å². The molecule has 2 heterocycles. The van der Waals surface area contributed by atoms with Gasteiger partial charge in [0.05, 0.1) is 6.04 Å². The average molecular weight is 300 g/mol. The average Bonchev–Trinajstić information content (AvgIpc) is 2.83. The third kappa shape index (κ3) is 2.58. The van der Waals surface area contributed by atoms with E-state index in [1.807, 2.05) is 20.8 Å². The lowest BCUT2D eigenvalue weighted by Crippen LogP contribution is -2.27. The number of furan rings is 1. The van der Waals surface area contributed by atoms with Gasteiger partial charge in [-0.2, -0.15) is 4.98 Å². The van der Waals surface area contributed by atoms with Crippen LogP contribution in [0.25, 0.3) is 11.7 Å². The summed E-state index contributed by atoms with van der Waals surface area (Å²) in [5, 5.41) is 3.88. The van der Waals surface area contributed by atoms with Crippen molar-refractivity contribution in [1.29, 1.82) is 0 Å². The highest BCUT2D eigenvalue weighted by Crippen LogP contribution is 2.30. The highest BCUT2D eigenvalue weighted by atomic mass is 79.9. The van der Waals surface area contributed by atoms with Gasteiger partial charge in [-0.1, -0.05) is 25.9 Å². The molecule has 0 aliphatic heterocycles. The van der Waals surface area contributed by atoms with E-state index in [1.54, 1.807) is 12.1 Å². The molecule has 5 nitrogen and oxygen atoms in total. The third-order valence-corrected chi connectivity index (χ3v) is 2.86. The van der Waals surface area contributed by atoms with Crippen molar-refractivity contribution in [2.24, 2.45) is 11.1 Å². The topological polar surface area (TPSA) is 78.1 Å². The van der Waals surface area contributed by atoms with Crippen LogP contribution in [0.2, 0.25) is 0 Å². The summed E-state index contributed by atoms with van der Waals surface area (Å²) in [5.74, 6) is 1.35. The first kappa shape index (κ1) is 12.3. The van der Waals surface area contributed by atoms with Crippen LogP contribution in [-0.4, -0.2) is 10.1 Å². The third-order valence-electron chi connectivity index (χ3n) is 2.44. The molecule has 0 saturated carbocycles. The zero-order valence-corrected chi connectivity index (χ0v) is 11.5. The van der Waals surface area contributed by atoms with Crippen molar-refractivity contribution in [3.63, 3.8) is 0 Å². The van der Waals surface area contributed by atoms with Gasteiger partial charge in [0.2, 0.25) is 0 Å². The Morgan fingerprint density at radius 3 is 2.59 bits per heavy atom. The molecule has 0 spiro atoms. The molecular formula is C11H14BrN3O2. The largest absolute Gasteiger partial charge is 0.444 e. The summed E-state index contributed by atoms with van der Waals surface area (Å²) >= 11 is 3.22. The van der Waals surface area contributed by atoms with Crippen LogP contribution in [0.1, 0.15) is 32.6 Å². The Kier molecular flexibility index (Phi) is 3.09. The Labute approximate surface area is 107 Å². The van der Waals surface area contributed by atoms with E-state index < -0.39 is 0 Å². The molecular weight excluding hydrogens is 286 g/mol. The lowest BCUT2D eigenvalue weighted by Gasteiger charge is -2.23. The Hall–Kier alpha value is -1.14. The van der Waals surface area contributed by atoms with Crippen molar-refractivity contribution in [3.05, 3.63) is 22.6 Å². The van der Waals surface area contributed by atoms with Gasteiger partial charge in [-0.25, -0.2) is 0 Å². The van der Waals surface area contributed by atoms with Crippen LogP contribution in [-0.2, 0) is 0 Å². The number of hydrogen-bond acceptors (Lipinski definition) is 5. The molecule has 17 heavy (non-hydrogen) atoms. The molecule has 0 radical (unpaired) electrons. The molecule has 1 unspecified atom stereocenters. The van der Waals surface area contributed by atoms with Crippen LogP contribution < -0.4 is 5.73 Å². The number of hydrogen-bond donors (Lipinski definition) is 1. The number of nitrogens with two attached hydrogens (primary N) is 1. The Bertz CT molecular complexity index is 513. The van der Waals surface area contributed by atoms with Gasteiger partial charge in [-0.15, -0.1) is 0 Å². The fourth-order valence-corrected chi connectivity index (χ4v) is 1.58. The number of aromatic nitrogens is 2. The van der Waals surface area contributed by atoms with Gasteiger partial charge in [0.15, 0.2) is 16.3 Å². The van der Waals surface area contributed by atoms with Crippen molar-refractivity contribution in [2.75, 3.05) is 0 Å². The summed E-state index contributed by atoms with van der Waals surface area (Å²) in [4.78, 5) is 4.24. The lowest BCUT2D eigenvalue weighted by atomic mass is 9.87. The molecule has 92 valence electrons. The molecule has 2 aromatic rings.